The molecule has 0 atom stereocenters. The zero-order valence-electron chi connectivity index (χ0n) is 12.6. The molecule has 0 saturated carbocycles. The van der Waals surface area contributed by atoms with Crippen LogP contribution in [0, 0.1) is 0 Å². The normalized spacial score (nSPS) is 11.6. The van der Waals surface area contributed by atoms with Gasteiger partial charge >= 0.3 is 0 Å². The number of nitrogens with two attached hydrogens (primary N) is 1. The smallest absolute Gasteiger partial charge is 0.128 e. The van der Waals surface area contributed by atoms with E-state index in [4.69, 9.17) is 10.5 Å². The second-order valence-corrected chi connectivity index (χ2v) is 5.78. The summed E-state index contributed by atoms with van der Waals surface area (Å²) in [4.78, 5) is 6.81. The van der Waals surface area contributed by atoms with Gasteiger partial charge in [0, 0.05) is 26.4 Å². The topological polar surface area (TPSA) is 51.4 Å². The molecule has 1 aromatic heterocycles. The zero-order chi connectivity index (χ0) is 14.3. The highest BCUT2D eigenvalue weighted by molar-refractivity contribution is 5.40. The van der Waals surface area contributed by atoms with E-state index in [1.807, 2.05) is 6.20 Å². The summed E-state index contributed by atoms with van der Waals surface area (Å²) in [6.07, 6.45) is 2.93. The van der Waals surface area contributed by atoms with Crippen LogP contribution >= 0.6 is 0 Å². The van der Waals surface area contributed by atoms with Crippen LogP contribution < -0.4 is 10.6 Å². The summed E-state index contributed by atoms with van der Waals surface area (Å²) < 4.78 is 5.15. The van der Waals surface area contributed by atoms with Gasteiger partial charge in [-0.3, -0.25) is 0 Å². The molecule has 4 heteroatoms. The van der Waals surface area contributed by atoms with Gasteiger partial charge in [-0.15, -0.1) is 0 Å². The fourth-order valence-corrected chi connectivity index (χ4v) is 1.84. The predicted octanol–water partition coefficient (Wildman–Crippen LogP) is 2.18. The second-order valence-electron chi connectivity index (χ2n) is 5.78. The molecule has 1 heterocycles. The third kappa shape index (κ3) is 5.17. The Morgan fingerprint density at radius 3 is 2.47 bits per heavy atom. The molecule has 108 valence electrons. The average molecular weight is 265 g/mol. The fourth-order valence-electron chi connectivity index (χ4n) is 1.84. The number of ether oxygens (including phenoxy) is 1. The van der Waals surface area contributed by atoms with Crippen molar-refractivity contribution in [2.45, 2.75) is 32.6 Å². The van der Waals surface area contributed by atoms with Crippen molar-refractivity contribution in [3.63, 3.8) is 0 Å². The molecule has 0 fully saturated rings. The van der Waals surface area contributed by atoms with Gasteiger partial charge in [0.15, 0.2) is 0 Å². The Morgan fingerprint density at radius 2 is 2.00 bits per heavy atom. The van der Waals surface area contributed by atoms with Crippen LogP contribution in [0.3, 0.4) is 0 Å². The van der Waals surface area contributed by atoms with Gasteiger partial charge in [-0.1, -0.05) is 26.8 Å². The molecule has 0 bridgehead atoms. The number of methoxy groups -OCH3 is 1. The Balaban J connectivity index is 2.78. The summed E-state index contributed by atoms with van der Waals surface area (Å²) in [7, 11) is 1.72. The number of aromatic nitrogens is 1. The van der Waals surface area contributed by atoms with Gasteiger partial charge in [-0.25, -0.2) is 4.98 Å². The van der Waals surface area contributed by atoms with Gasteiger partial charge in [0.2, 0.25) is 0 Å². The van der Waals surface area contributed by atoms with E-state index in [-0.39, 0.29) is 5.41 Å². The van der Waals surface area contributed by atoms with E-state index in [1.165, 1.54) is 5.56 Å². The van der Waals surface area contributed by atoms with Crippen molar-refractivity contribution in [1.29, 1.82) is 0 Å². The van der Waals surface area contributed by atoms with Gasteiger partial charge in [0.1, 0.15) is 5.82 Å². The van der Waals surface area contributed by atoms with Gasteiger partial charge in [-0.05, 0) is 30.0 Å². The fraction of sp³-hybridized carbons (Fsp3) is 0.667. The van der Waals surface area contributed by atoms with E-state index in [1.54, 1.807) is 7.11 Å². The SMILES string of the molecule is COCCN(CCCN)c1ccc(C(C)(C)C)cn1. The molecule has 0 unspecified atom stereocenters. The average Bonchev–Trinajstić information content (AvgIpc) is 2.38. The number of hydrogen-bond acceptors (Lipinski definition) is 4. The molecule has 0 aliphatic carbocycles. The van der Waals surface area contributed by atoms with Crippen molar-refractivity contribution in [2.24, 2.45) is 5.73 Å². The predicted molar refractivity (Wildman–Crippen MR) is 80.7 cm³/mol. The van der Waals surface area contributed by atoms with Crippen LogP contribution in [0.15, 0.2) is 18.3 Å². The maximum absolute atomic E-state index is 5.59. The summed E-state index contributed by atoms with van der Waals surface area (Å²) in [6.45, 7) is 9.75. The minimum absolute atomic E-state index is 0.139. The van der Waals surface area contributed by atoms with Crippen molar-refractivity contribution < 1.29 is 4.74 Å². The molecular formula is C15H27N3O. The van der Waals surface area contributed by atoms with E-state index in [0.717, 1.165) is 25.3 Å². The lowest BCUT2D eigenvalue weighted by Gasteiger charge is -2.25. The minimum Gasteiger partial charge on any atom is -0.383 e. The van der Waals surface area contributed by atoms with Crippen molar-refractivity contribution in [1.82, 2.24) is 4.98 Å². The molecule has 1 aromatic rings. The zero-order valence-corrected chi connectivity index (χ0v) is 12.6. The molecule has 4 nitrogen and oxygen atoms in total. The van der Waals surface area contributed by atoms with Crippen LogP contribution in [0.1, 0.15) is 32.8 Å². The lowest BCUT2D eigenvalue weighted by molar-refractivity contribution is 0.205. The quantitative estimate of drug-likeness (QED) is 0.821. The van der Waals surface area contributed by atoms with Gasteiger partial charge < -0.3 is 15.4 Å². The molecule has 2 N–H and O–H groups in total. The molecule has 0 spiro atoms. The van der Waals surface area contributed by atoms with Crippen LogP contribution in [0.4, 0.5) is 5.82 Å². The van der Waals surface area contributed by atoms with Gasteiger partial charge in [0.05, 0.1) is 6.61 Å². The Labute approximate surface area is 117 Å². The first kappa shape index (κ1) is 15.9. The maximum atomic E-state index is 5.59. The molecular weight excluding hydrogens is 238 g/mol. The largest absolute Gasteiger partial charge is 0.383 e. The molecule has 0 amide bonds. The monoisotopic (exact) mass is 265 g/mol. The number of pyridine rings is 1. The minimum atomic E-state index is 0.139. The van der Waals surface area contributed by atoms with Gasteiger partial charge in [0.25, 0.3) is 0 Å². The van der Waals surface area contributed by atoms with Crippen LogP contribution in [0.2, 0.25) is 0 Å². The summed E-state index contributed by atoms with van der Waals surface area (Å²) in [5.74, 6) is 0.999. The van der Waals surface area contributed by atoms with Crippen LogP contribution in [0.25, 0.3) is 0 Å². The van der Waals surface area contributed by atoms with Crippen molar-refractivity contribution >= 4 is 5.82 Å². The molecule has 0 radical (unpaired) electrons. The molecule has 0 saturated heterocycles. The number of anilines is 1. The first-order chi connectivity index (χ1) is 8.99. The van der Waals surface area contributed by atoms with E-state index in [9.17, 15) is 0 Å². The Morgan fingerprint density at radius 1 is 1.26 bits per heavy atom. The lowest BCUT2D eigenvalue weighted by atomic mass is 9.88. The van der Waals surface area contributed by atoms with Crippen molar-refractivity contribution in [2.75, 3.05) is 38.3 Å². The first-order valence-corrected chi connectivity index (χ1v) is 6.89. The van der Waals surface area contributed by atoms with E-state index >= 15 is 0 Å². The highest BCUT2D eigenvalue weighted by Gasteiger charge is 2.15. The van der Waals surface area contributed by atoms with Crippen LogP contribution in [0.5, 0.6) is 0 Å². The van der Waals surface area contributed by atoms with Crippen molar-refractivity contribution in [3.05, 3.63) is 23.9 Å². The third-order valence-corrected chi connectivity index (χ3v) is 3.14. The summed E-state index contributed by atoms with van der Waals surface area (Å²) >= 11 is 0. The number of nitrogens with zero attached hydrogens (tertiary/aromatic N) is 2. The molecule has 1 rings (SSSR count). The third-order valence-electron chi connectivity index (χ3n) is 3.14. The Hall–Kier alpha value is -1.13. The number of hydrogen-bond donors (Lipinski definition) is 1. The van der Waals surface area contributed by atoms with E-state index < -0.39 is 0 Å². The summed E-state index contributed by atoms with van der Waals surface area (Å²) in [5.41, 5.74) is 6.98. The van der Waals surface area contributed by atoms with E-state index in [2.05, 4.69) is 42.8 Å². The lowest BCUT2D eigenvalue weighted by Crippen LogP contribution is -2.30. The second kappa shape index (κ2) is 7.46. The van der Waals surface area contributed by atoms with Crippen molar-refractivity contribution in [3.8, 4) is 0 Å². The highest BCUT2D eigenvalue weighted by atomic mass is 16.5. The number of rotatable bonds is 7. The van der Waals surface area contributed by atoms with Crippen LogP contribution in [-0.2, 0) is 10.2 Å². The molecule has 19 heavy (non-hydrogen) atoms. The summed E-state index contributed by atoms with van der Waals surface area (Å²) in [5, 5.41) is 0. The first-order valence-electron chi connectivity index (χ1n) is 6.89. The van der Waals surface area contributed by atoms with E-state index in [0.29, 0.717) is 13.2 Å². The highest BCUT2D eigenvalue weighted by Crippen LogP contribution is 2.23. The molecule has 0 aliphatic heterocycles. The van der Waals surface area contributed by atoms with Crippen LogP contribution in [-0.4, -0.2) is 38.3 Å². The summed E-state index contributed by atoms with van der Waals surface area (Å²) in [6, 6.07) is 4.25. The Bertz CT molecular complexity index is 349. The molecule has 0 aliphatic rings. The molecule has 0 aromatic carbocycles. The maximum Gasteiger partial charge on any atom is 0.128 e. The Kier molecular flexibility index (Phi) is 6.25. The standard InChI is InChI=1S/C15H27N3O/c1-15(2,3)13-6-7-14(17-12-13)18(9-5-8-16)10-11-19-4/h6-7,12H,5,8-11,16H2,1-4H3. The van der Waals surface area contributed by atoms with Gasteiger partial charge in [-0.2, -0.15) is 0 Å².